The van der Waals surface area contributed by atoms with Gasteiger partial charge in [-0.15, -0.1) is 0 Å². The quantitative estimate of drug-likeness (QED) is 0.141. The fourth-order valence-corrected chi connectivity index (χ4v) is 9.03. The van der Waals surface area contributed by atoms with E-state index in [0.717, 1.165) is 89.2 Å². The molecule has 0 saturated carbocycles. The monoisotopic (exact) mass is 892 g/mol. The summed E-state index contributed by atoms with van der Waals surface area (Å²) in [5, 5.41) is 40.4. The van der Waals surface area contributed by atoms with E-state index in [2.05, 4.69) is 149 Å². The van der Waals surface area contributed by atoms with E-state index >= 15 is 0 Å². The molecule has 0 N–H and O–H groups in total. The average Bonchev–Trinajstić information content (AvgIpc) is 3.77. The Morgan fingerprint density at radius 1 is 0.329 bits per heavy atom. The molecule has 0 amide bonds. The minimum Gasteiger partial charge on any atom is -0.310 e. The predicted molar refractivity (Wildman–Crippen MR) is 277 cm³/mol. The van der Waals surface area contributed by atoms with Gasteiger partial charge in [-0.25, -0.2) is 9.97 Å². The number of anilines is 3. The molecule has 0 unspecified atom stereocenters. The van der Waals surface area contributed by atoms with Crippen LogP contribution in [-0.2, 0) is 0 Å². The molecule has 8 heteroatoms. The maximum Gasteiger partial charge on any atom is 0.160 e. The molecule has 0 aliphatic heterocycles. The maximum absolute atomic E-state index is 9.59. The lowest BCUT2D eigenvalue weighted by Gasteiger charge is -2.25. The molecule has 0 bridgehead atoms. The van der Waals surface area contributed by atoms with Gasteiger partial charge in [-0.3, -0.25) is 0 Å². The summed E-state index contributed by atoms with van der Waals surface area (Å²) in [6.45, 7) is 0. The number of hydrogen-bond donors (Lipinski definition) is 0. The summed E-state index contributed by atoms with van der Waals surface area (Å²) in [7, 11) is 0. The summed E-state index contributed by atoms with van der Waals surface area (Å²) in [5.41, 5.74) is 16.4. The normalized spacial score (nSPS) is 10.8. The molecule has 2 aromatic heterocycles. The fourth-order valence-electron chi connectivity index (χ4n) is 9.03. The van der Waals surface area contributed by atoms with Gasteiger partial charge in [0.15, 0.2) is 5.82 Å². The van der Waals surface area contributed by atoms with Gasteiger partial charge in [0.1, 0.15) is 0 Å². The van der Waals surface area contributed by atoms with E-state index < -0.39 is 0 Å². The third-order valence-electron chi connectivity index (χ3n) is 12.5. The lowest BCUT2D eigenvalue weighted by Crippen LogP contribution is -2.10. The van der Waals surface area contributed by atoms with Crippen LogP contribution in [0.15, 0.2) is 218 Å². The molecule has 0 fully saturated rings. The van der Waals surface area contributed by atoms with Crippen molar-refractivity contribution in [3.05, 3.63) is 241 Å². The van der Waals surface area contributed by atoms with Gasteiger partial charge >= 0.3 is 0 Å². The topological polar surface area (TPSA) is 129 Å². The largest absolute Gasteiger partial charge is 0.310 e. The van der Waals surface area contributed by atoms with Crippen molar-refractivity contribution >= 4 is 38.9 Å². The molecule has 11 rings (SSSR count). The minimum absolute atomic E-state index is 0.495. The van der Waals surface area contributed by atoms with E-state index in [9.17, 15) is 21.0 Å². The zero-order valence-corrected chi connectivity index (χ0v) is 37.4. The van der Waals surface area contributed by atoms with Crippen LogP contribution >= 0.6 is 0 Å². The SMILES string of the molecule is N#Cc1ccc(N(c2ccc(C#N)cc2)c2ccc3c(c2)c2ccccc2n3-c2ccc(-c3ccc(-c4ccc(-c5cc(-c6cccc(C#N)c6)nc(-c6cccc(C#N)c6)n5)cc4)cc3)cc2)cc1. The van der Waals surface area contributed by atoms with Crippen LogP contribution in [0.3, 0.4) is 0 Å². The molecular formula is C62H36N8. The van der Waals surface area contributed by atoms with Gasteiger partial charge in [0.25, 0.3) is 0 Å². The molecule has 0 spiro atoms. The van der Waals surface area contributed by atoms with Gasteiger partial charge in [0.05, 0.1) is 69.0 Å². The lowest BCUT2D eigenvalue weighted by atomic mass is 9.98. The van der Waals surface area contributed by atoms with Crippen LogP contribution in [0.25, 0.3) is 83.6 Å². The Labute approximate surface area is 404 Å². The number of hydrogen-bond acceptors (Lipinski definition) is 7. The zero-order valence-electron chi connectivity index (χ0n) is 37.4. The molecule has 0 saturated heterocycles. The van der Waals surface area contributed by atoms with Crippen LogP contribution < -0.4 is 4.90 Å². The number of aromatic nitrogens is 3. The van der Waals surface area contributed by atoms with E-state index in [1.165, 1.54) is 0 Å². The number of nitriles is 4. The Morgan fingerprint density at radius 3 is 1.34 bits per heavy atom. The van der Waals surface area contributed by atoms with E-state index in [4.69, 9.17) is 9.97 Å². The summed E-state index contributed by atoms with van der Waals surface area (Å²) >= 11 is 0. The summed E-state index contributed by atoms with van der Waals surface area (Å²) in [6, 6.07) is 81.1. The second-order valence-electron chi connectivity index (χ2n) is 16.8. The van der Waals surface area contributed by atoms with E-state index in [1.54, 1.807) is 18.2 Å². The van der Waals surface area contributed by atoms with Crippen LogP contribution in [0.4, 0.5) is 17.1 Å². The lowest BCUT2D eigenvalue weighted by molar-refractivity contribution is 1.18. The van der Waals surface area contributed by atoms with Crippen LogP contribution in [0.1, 0.15) is 22.3 Å². The minimum atomic E-state index is 0.495. The highest BCUT2D eigenvalue weighted by molar-refractivity contribution is 6.10. The number of benzene rings is 9. The Kier molecular flexibility index (Phi) is 10.9. The van der Waals surface area contributed by atoms with Crippen molar-refractivity contribution in [2.75, 3.05) is 4.90 Å². The van der Waals surface area contributed by atoms with E-state index in [-0.39, 0.29) is 0 Å². The highest BCUT2D eigenvalue weighted by atomic mass is 15.1. The van der Waals surface area contributed by atoms with Gasteiger partial charge in [0.2, 0.25) is 0 Å². The molecule has 70 heavy (non-hydrogen) atoms. The first-order chi connectivity index (χ1) is 34.5. The van der Waals surface area contributed by atoms with Gasteiger partial charge in [-0.05, 0) is 138 Å². The third kappa shape index (κ3) is 8.04. The Bertz CT molecular complexity index is 3820. The third-order valence-corrected chi connectivity index (χ3v) is 12.5. The van der Waals surface area contributed by atoms with E-state index in [0.29, 0.717) is 33.8 Å². The zero-order chi connectivity index (χ0) is 47.6. The molecule has 11 aromatic rings. The Balaban J connectivity index is 0.876. The number of fused-ring (bicyclic) bond motifs is 3. The van der Waals surface area contributed by atoms with Crippen molar-refractivity contribution in [2.24, 2.45) is 0 Å². The number of para-hydroxylation sites is 1. The first kappa shape index (κ1) is 42.3. The van der Waals surface area contributed by atoms with Gasteiger partial charge in [-0.2, -0.15) is 21.0 Å². The highest BCUT2D eigenvalue weighted by Crippen LogP contribution is 2.40. The molecule has 2 heterocycles. The molecule has 0 atom stereocenters. The Morgan fingerprint density at radius 2 is 0.786 bits per heavy atom. The second kappa shape index (κ2) is 18.1. The summed E-state index contributed by atoms with van der Waals surface area (Å²) in [5.74, 6) is 0.495. The van der Waals surface area contributed by atoms with Crippen LogP contribution in [-0.4, -0.2) is 14.5 Å². The van der Waals surface area contributed by atoms with Gasteiger partial charge in [0, 0.05) is 50.2 Å². The van der Waals surface area contributed by atoms with Gasteiger partial charge < -0.3 is 9.47 Å². The Hall–Kier alpha value is -10.4. The summed E-state index contributed by atoms with van der Waals surface area (Å²) in [4.78, 5) is 12.0. The van der Waals surface area contributed by atoms with E-state index in [1.807, 2.05) is 84.9 Å². The number of rotatable bonds is 9. The summed E-state index contributed by atoms with van der Waals surface area (Å²) < 4.78 is 2.31. The van der Waals surface area contributed by atoms with Crippen molar-refractivity contribution in [3.8, 4) is 86.1 Å². The molecule has 0 radical (unpaired) electrons. The van der Waals surface area contributed by atoms with Gasteiger partial charge in [-0.1, -0.05) is 103 Å². The van der Waals surface area contributed by atoms with Crippen LogP contribution in [0, 0.1) is 45.3 Å². The smallest absolute Gasteiger partial charge is 0.160 e. The molecule has 0 aliphatic rings. The fraction of sp³-hybridized carbons (Fsp3) is 0. The first-order valence-corrected chi connectivity index (χ1v) is 22.5. The first-order valence-electron chi connectivity index (χ1n) is 22.5. The van der Waals surface area contributed by atoms with Crippen molar-refractivity contribution in [3.63, 3.8) is 0 Å². The highest BCUT2D eigenvalue weighted by Gasteiger charge is 2.18. The molecule has 8 nitrogen and oxygen atoms in total. The molecule has 9 aromatic carbocycles. The van der Waals surface area contributed by atoms with Crippen molar-refractivity contribution in [1.29, 1.82) is 21.0 Å². The summed E-state index contributed by atoms with van der Waals surface area (Å²) in [6.07, 6.45) is 0. The molecule has 0 aliphatic carbocycles. The van der Waals surface area contributed by atoms with Crippen LogP contribution in [0.2, 0.25) is 0 Å². The molecular weight excluding hydrogens is 857 g/mol. The van der Waals surface area contributed by atoms with Crippen molar-refractivity contribution in [1.82, 2.24) is 14.5 Å². The maximum atomic E-state index is 9.59. The second-order valence-corrected chi connectivity index (χ2v) is 16.8. The van der Waals surface area contributed by atoms with Crippen LogP contribution in [0.5, 0.6) is 0 Å². The molecule has 324 valence electrons. The standard InChI is InChI=1S/C62H36N8/c63-37-41-11-25-52(26-12-41)69(53-27-13-42(38-64)14-28-53)55-31-32-61-57(35-55)56-9-1-2-10-60(56)70(61)54-29-23-48(24-30-54)46-17-15-45(16-18-46)47-19-21-49(22-20-47)58-36-59(50-7-3-5-43(33-50)39-65)68-62(67-58)51-8-4-6-44(34-51)40-66/h1-36H. The van der Waals surface area contributed by atoms with Crippen molar-refractivity contribution in [2.45, 2.75) is 0 Å². The van der Waals surface area contributed by atoms with Crippen molar-refractivity contribution < 1.29 is 0 Å². The predicted octanol–water partition coefficient (Wildman–Crippen LogP) is 14.9. The average molecular weight is 893 g/mol. The number of nitrogens with zero attached hydrogens (tertiary/aromatic N) is 8.